The highest BCUT2D eigenvalue weighted by Crippen LogP contribution is 2.47. The number of carbonyl (C=O) groups excluding carboxylic acids is 1. The number of carboxylic acid groups (broad SMARTS) is 1. The van der Waals surface area contributed by atoms with Gasteiger partial charge in [-0.3, -0.25) is 9.59 Å². The summed E-state index contributed by atoms with van der Waals surface area (Å²) in [5, 5.41) is 11.7. The van der Waals surface area contributed by atoms with E-state index in [1.165, 1.54) is 51.9 Å². The summed E-state index contributed by atoms with van der Waals surface area (Å²) in [5.41, 5.74) is 0.540. The van der Waals surface area contributed by atoms with Gasteiger partial charge in [0.25, 0.3) is 0 Å². The van der Waals surface area contributed by atoms with Crippen LogP contribution in [0.1, 0.15) is 64.7 Å². The number of hydrogen-bond donors (Lipinski definition) is 2. The molecule has 2 aliphatic carbocycles. The van der Waals surface area contributed by atoms with Crippen molar-refractivity contribution in [3.05, 3.63) is 0 Å². The Morgan fingerprint density at radius 2 is 1.68 bits per heavy atom. The van der Waals surface area contributed by atoms with Gasteiger partial charge in [-0.25, -0.2) is 0 Å². The Balaban J connectivity index is 1.80. The van der Waals surface area contributed by atoms with Crippen LogP contribution in [0.15, 0.2) is 0 Å². The topological polar surface area (TPSA) is 66.4 Å². The number of aliphatic carboxylic acids is 1. The predicted molar refractivity (Wildman–Crippen MR) is 72.7 cm³/mol. The molecule has 2 fully saturated rings. The van der Waals surface area contributed by atoms with Gasteiger partial charge in [0.15, 0.2) is 0 Å². The van der Waals surface area contributed by atoms with Crippen LogP contribution >= 0.6 is 0 Å². The second-order valence-corrected chi connectivity index (χ2v) is 6.40. The third-order valence-electron chi connectivity index (χ3n) is 5.07. The maximum Gasteiger partial charge on any atom is 0.315 e. The molecule has 2 aliphatic rings. The van der Waals surface area contributed by atoms with Crippen LogP contribution in [0, 0.1) is 11.3 Å². The maximum atomic E-state index is 11.7. The first-order valence-corrected chi connectivity index (χ1v) is 7.56. The molecule has 2 N–H and O–H groups in total. The number of carboxylic acids is 1. The fourth-order valence-corrected chi connectivity index (χ4v) is 3.61. The predicted octanol–water partition coefficient (Wildman–Crippen LogP) is 2.72. The summed E-state index contributed by atoms with van der Waals surface area (Å²) in [6, 6.07) is 0.182. The average Bonchev–Trinajstić information content (AvgIpc) is 2.41. The van der Waals surface area contributed by atoms with Crippen molar-refractivity contribution < 1.29 is 14.7 Å². The van der Waals surface area contributed by atoms with Crippen molar-refractivity contribution in [3.63, 3.8) is 0 Å². The molecule has 4 heteroatoms. The van der Waals surface area contributed by atoms with E-state index in [0.29, 0.717) is 5.41 Å². The molecular weight excluding hydrogens is 242 g/mol. The molecule has 1 amide bonds. The van der Waals surface area contributed by atoms with Crippen molar-refractivity contribution in [1.82, 2.24) is 5.32 Å². The second kappa shape index (κ2) is 5.93. The normalized spacial score (nSPS) is 24.9. The lowest BCUT2D eigenvalue weighted by atomic mass is 9.64. The summed E-state index contributed by atoms with van der Waals surface area (Å²) in [7, 11) is 0. The van der Waals surface area contributed by atoms with Crippen LogP contribution < -0.4 is 5.32 Å². The zero-order chi connectivity index (χ0) is 13.9. The van der Waals surface area contributed by atoms with Gasteiger partial charge in [0, 0.05) is 6.04 Å². The SMILES string of the molecule is CC(C(=O)O)C(=O)NC1CCC2(CCCCC2)CC1. The Bertz CT molecular complexity index is 337. The summed E-state index contributed by atoms with van der Waals surface area (Å²) < 4.78 is 0. The van der Waals surface area contributed by atoms with Gasteiger partial charge in [0.05, 0.1) is 0 Å². The van der Waals surface area contributed by atoms with Gasteiger partial charge in [-0.1, -0.05) is 19.3 Å². The van der Waals surface area contributed by atoms with E-state index < -0.39 is 11.9 Å². The van der Waals surface area contributed by atoms with Crippen molar-refractivity contribution >= 4 is 11.9 Å². The highest BCUT2D eigenvalue weighted by atomic mass is 16.4. The first-order chi connectivity index (χ1) is 9.02. The van der Waals surface area contributed by atoms with Crippen molar-refractivity contribution in [2.45, 2.75) is 70.8 Å². The van der Waals surface area contributed by atoms with E-state index in [1.807, 2.05) is 0 Å². The standard InChI is InChI=1S/C15H25NO3/c1-11(14(18)19)13(17)16-12-5-9-15(10-6-12)7-3-2-4-8-15/h11-12H,2-10H2,1H3,(H,16,17)(H,18,19). The smallest absolute Gasteiger partial charge is 0.315 e. The van der Waals surface area contributed by atoms with Crippen molar-refractivity contribution in [1.29, 1.82) is 0 Å². The van der Waals surface area contributed by atoms with E-state index in [4.69, 9.17) is 5.11 Å². The Hall–Kier alpha value is -1.06. The summed E-state index contributed by atoms with van der Waals surface area (Å²) in [6.07, 6.45) is 11.2. The van der Waals surface area contributed by atoms with Crippen molar-refractivity contribution in [3.8, 4) is 0 Å². The molecule has 0 aromatic heterocycles. The monoisotopic (exact) mass is 267 g/mol. The summed E-state index contributed by atoms with van der Waals surface area (Å²) >= 11 is 0. The molecule has 1 atom stereocenters. The minimum Gasteiger partial charge on any atom is -0.481 e. The molecule has 0 saturated heterocycles. The Labute approximate surface area is 115 Å². The molecule has 0 aromatic carbocycles. The molecule has 0 aliphatic heterocycles. The third kappa shape index (κ3) is 3.48. The maximum absolute atomic E-state index is 11.7. The fourth-order valence-electron chi connectivity index (χ4n) is 3.61. The van der Waals surface area contributed by atoms with Gasteiger partial charge in [-0.2, -0.15) is 0 Å². The van der Waals surface area contributed by atoms with Crippen molar-refractivity contribution in [2.24, 2.45) is 11.3 Å². The molecule has 1 unspecified atom stereocenters. The van der Waals surface area contributed by atoms with Gasteiger partial charge in [-0.05, 0) is 50.9 Å². The zero-order valence-corrected chi connectivity index (χ0v) is 11.8. The molecule has 0 heterocycles. The van der Waals surface area contributed by atoms with Crippen molar-refractivity contribution in [2.75, 3.05) is 0 Å². The van der Waals surface area contributed by atoms with Crippen LogP contribution in [0.4, 0.5) is 0 Å². The molecular formula is C15H25NO3. The van der Waals surface area contributed by atoms with Crippen LogP contribution in [-0.2, 0) is 9.59 Å². The molecule has 2 saturated carbocycles. The molecule has 19 heavy (non-hydrogen) atoms. The van der Waals surface area contributed by atoms with E-state index in [1.54, 1.807) is 0 Å². The minimum absolute atomic E-state index is 0.182. The molecule has 2 rings (SSSR count). The van der Waals surface area contributed by atoms with Crippen LogP contribution in [0.25, 0.3) is 0 Å². The van der Waals surface area contributed by atoms with Crippen LogP contribution in [0.5, 0.6) is 0 Å². The van der Waals surface area contributed by atoms with Crippen LogP contribution in [0.3, 0.4) is 0 Å². The highest BCUT2D eigenvalue weighted by molar-refractivity contribution is 5.96. The second-order valence-electron chi connectivity index (χ2n) is 6.40. The molecule has 108 valence electrons. The van der Waals surface area contributed by atoms with Crippen LogP contribution in [0.2, 0.25) is 0 Å². The van der Waals surface area contributed by atoms with E-state index >= 15 is 0 Å². The minimum atomic E-state index is -1.04. The molecule has 0 radical (unpaired) electrons. The summed E-state index contributed by atoms with van der Waals surface area (Å²) in [4.78, 5) is 22.5. The molecule has 4 nitrogen and oxygen atoms in total. The number of rotatable bonds is 3. The quantitative estimate of drug-likeness (QED) is 0.773. The van der Waals surface area contributed by atoms with Gasteiger partial charge in [0.1, 0.15) is 5.92 Å². The van der Waals surface area contributed by atoms with E-state index in [0.717, 1.165) is 12.8 Å². The van der Waals surface area contributed by atoms with Crippen LogP contribution in [-0.4, -0.2) is 23.0 Å². The molecule has 0 aromatic rings. The number of hydrogen-bond acceptors (Lipinski definition) is 2. The van der Waals surface area contributed by atoms with Gasteiger partial charge < -0.3 is 10.4 Å². The van der Waals surface area contributed by atoms with E-state index in [9.17, 15) is 9.59 Å². The summed E-state index contributed by atoms with van der Waals surface area (Å²) in [6.45, 7) is 1.45. The number of amides is 1. The Morgan fingerprint density at radius 1 is 1.11 bits per heavy atom. The highest BCUT2D eigenvalue weighted by Gasteiger charge is 2.36. The van der Waals surface area contributed by atoms with E-state index in [-0.39, 0.29) is 11.9 Å². The first kappa shape index (κ1) is 14.4. The average molecular weight is 267 g/mol. The largest absolute Gasteiger partial charge is 0.481 e. The summed E-state index contributed by atoms with van der Waals surface area (Å²) in [5.74, 6) is -2.32. The van der Waals surface area contributed by atoms with Gasteiger partial charge in [-0.15, -0.1) is 0 Å². The zero-order valence-electron chi connectivity index (χ0n) is 11.8. The lowest BCUT2D eigenvalue weighted by molar-refractivity contribution is -0.146. The number of carbonyl (C=O) groups is 2. The van der Waals surface area contributed by atoms with Gasteiger partial charge >= 0.3 is 5.97 Å². The first-order valence-electron chi connectivity index (χ1n) is 7.56. The molecule has 0 bridgehead atoms. The molecule has 1 spiro atoms. The Morgan fingerprint density at radius 3 is 2.21 bits per heavy atom. The van der Waals surface area contributed by atoms with Gasteiger partial charge in [0.2, 0.25) is 5.91 Å². The third-order valence-corrected chi connectivity index (χ3v) is 5.07. The lowest BCUT2D eigenvalue weighted by Crippen LogP contribution is -2.44. The fraction of sp³-hybridized carbons (Fsp3) is 0.867. The Kier molecular flexibility index (Phi) is 4.48. The lowest BCUT2D eigenvalue weighted by Gasteiger charge is -2.43. The van der Waals surface area contributed by atoms with E-state index in [2.05, 4.69) is 5.32 Å². The number of nitrogens with one attached hydrogen (secondary N) is 1.